The average Bonchev–Trinajstić information content (AvgIpc) is 3.12. The fraction of sp³-hybridized carbons (Fsp3) is 0.471. The van der Waals surface area contributed by atoms with Gasteiger partial charge in [0, 0.05) is 19.5 Å². The third kappa shape index (κ3) is 4.63. The van der Waals surface area contributed by atoms with Crippen LogP contribution >= 0.6 is 0 Å². The van der Waals surface area contributed by atoms with Gasteiger partial charge in [-0.15, -0.1) is 0 Å². The van der Waals surface area contributed by atoms with Gasteiger partial charge in [-0.05, 0) is 18.4 Å². The molecule has 1 aromatic heterocycles. The summed E-state index contributed by atoms with van der Waals surface area (Å²) >= 11 is 0. The summed E-state index contributed by atoms with van der Waals surface area (Å²) in [6.07, 6.45) is 5.62. The maximum Gasteiger partial charge on any atom is 0.224 e. The number of morpholine rings is 1. The van der Waals surface area contributed by atoms with Gasteiger partial charge < -0.3 is 9.64 Å². The summed E-state index contributed by atoms with van der Waals surface area (Å²) < 4.78 is 7.49. The van der Waals surface area contributed by atoms with Crippen LogP contribution in [0.2, 0.25) is 0 Å². The predicted octanol–water partition coefficient (Wildman–Crippen LogP) is 1.53. The number of carbonyl (C=O) groups is 1. The van der Waals surface area contributed by atoms with Gasteiger partial charge in [0.1, 0.15) is 12.7 Å². The van der Waals surface area contributed by atoms with Crippen LogP contribution < -0.4 is 0 Å². The normalized spacial score (nSPS) is 18.1. The molecule has 1 aliphatic heterocycles. The second kappa shape index (κ2) is 7.87. The first-order valence-electron chi connectivity index (χ1n) is 8.07. The Bertz CT molecular complexity index is 600. The Morgan fingerprint density at radius 1 is 1.30 bits per heavy atom. The minimum Gasteiger partial charge on any atom is -0.375 e. The van der Waals surface area contributed by atoms with E-state index < -0.39 is 0 Å². The third-order valence-electron chi connectivity index (χ3n) is 4.11. The molecule has 1 amide bonds. The Kier molecular flexibility index (Phi) is 5.37. The summed E-state index contributed by atoms with van der Waals surface area (Å²) in [4.78, 5) is 18.1. The lowest BCUT2D eigenvalue weighted by Gasteiger charge is -2.33. The molecular weight excluding hydrogens is 292 g/mol. The standard InChI is InChI=1S/C17H22N4O2/c22-17(8-9-21-14-18-13-19-21)20-10-11-23-16(12-20)7-6-15-4-2-1-3-5-15/h1-5,13-14,16H,6-12H2/t16-/m0/s1. The van der Waals surface area contributed by atoms with Crippen molar-refractivity contribution < 1.29 is 9.53 Å². The minimum atomic E-state index is 0.124. The molecule has 0 spiro atoms. The number of ether oxygens (including phenoxy) is 1. The third-order valence-corrected chi connectivity index (χ3v) is 4.11. The van der Waals surface area contributed by atoms with Crippen molar-refractivity contribution in [2.24, 2.45) is 0 Å². The van der Waals surface area contributed by atoms with Crippen LogP contribution in [-0.2, 0) is 22.5 Å². The van der Waals surface area contributed by atoms with Gasteiger partial charge in [0.25, 0.3) is 0 Å². The van der Waals surface area contributed by atoms with Gasteiger partial charge >= 0.3 is 0 Å². The lowest BCUT2D eigenvalue weighted by Crippen LogP contribution is -2.46. The Balaban J connectivity index is 1.44. The maximum atomic E-state index is 12.3. The number of rotatable bonds is 6. The van der Waals surface area contributed by atoms with Crippen molar-refractivity contribution in [1.29, 1.82) is 0 Å². The Morgan fingerprint density at radius 2 is 2.17 bits per heavy atom. The van der Waals surface area contributed by atoms with Gasteiger partial charge in [-0.25, -0.2) is 4.98 Å². The molecule has 2 heterocycles. The van der Waals surface area contributed by atoms with E-state index >= 15 is 0 Å². The molecule has 1 aliphatic rings. The molecule has 1 atom stereocenters. The zero-order valence-electron chi connectivity index (χ0n) is 13.2. The van der Waals surface area contributed by atoms with E-state index in [4.69, 9.17) is 4.74 Å². The molecule has 0 bridgehead atoms. The highest BCUT2D eigenvalue weighted by atomic mass is 16.5. The number of amides is 1. The summed E-state index contributed by atoms with van der Waals surface area (Å²) in [6, 6.07) is 10.4. The highest BCUT2D eigenvalue weighted by Crippen LogP contribution is 2.13. The van der Waals surface area contributed by atoms with Crippen molar-refractivity contribution in [1.82, 2.24) is 19.7 Å². The van der Waals surface area contributed by atoms with E-state index in [-0.39, 0.29) is 12.0 Å². The smallest absolute Gasteiger partial charge is 0.224 e. The van der Waals surface area contributed by atoms with Gasteiger partial charge in [0.05, 0.1) is 19.3 Å². The lowest BCUT2D eigenvalue weighted by molar-refractivity contribution is -0.139. The summed E-state index contributed by atoms with van der Waals surface area (Å²) in [7, 11) is 0. The zero-order chi connectivity index (χ0) is 15.9. The summed E-state index contributed by atoms with van der Waals surface area (Å²) in [5, 5.41) is 4.02. The Labute approximate surface area is 136 Å². The van der Waals surface area contributed by atoms with Crippen LogP contribution in [0.3, 0.4) is 0 Å². The quantitative estimate of drug-likeness (QED) is 0.811. The molecule has 3 rings (SSSR count). The van der Waals surface area contributed by atoms with E-state index in [9.17, 15) is 4.79 Å². The monoisotopic (exact) mass is 314 g/mol. The van der Waals surface area contributed by atoms with E-state index in [1.54, 1.807) is 11.0 Å². The number of aromatic nitrogens is 3. The first-order chi connectivity index (χ1) is 11.3. The van der Waals surface area contributed by atoms with Crippen LogP contribution in [-0.4, -0.2) is 51.4 Å². The maximum absolute atomic E-state index is 12.3. The fourth-order valence-electron chi connectivity index (χ4n) is 2.81. The second-order valence-corrected chi connectivity index (χ2v) is 5.77. The van der Waals surface area contributed by atoms with Crippen molar-refractivity contribution in [3.8, 4) is 0 Å². The number of aryl methyl sites for hydroxylation is 2. The SMILES string of the molecule is O=C(CCn1cncn1)N1CCO[C@@H](CCc2ccccc2)C1. The first kappa shape index (κ1) is 15.7. The van der Waals surface area contributed by atoms with Crippen molar-refractivity contribution in [2.75, 3.05) is 19.7 Å². The minimum absolute atomic E-state index is 0.124. The van der Waals surface area contributed by atoms with Gasteiger partial charge in [-0.1, -0.05) is 30.3 Å². The molecule has 1 fully saturated rings. The van der Waals surface area contributed by atoms with Gasteiger partial charge in [0.2, 0.25) is 5.91 Å². The molecule has 0 radical (unpaired) electrons. The fourth-order valence-corrected chi connectivity index (χ4v) is 2.81. The number of carbonyl (C=O) groups excluding carboxylic acids is 1. The van der Waals surface area contributed by atoms with E-state index in [1.165, 1.54) is 11.9 Å². The zero-order valence-corrected chi connectivity index (χ0v) is 13.2. The summed E-state index contributed by atoms with van der Waals surface area (Å²) in [5.74, 6) is 0.161. The van der Waals surface area contributed by atoms with Crippen LogP contribution in [0.15, 0.2) is 43.0 Å². The largest absolute Gasteiger partial charge is 0.375 e. The number of benzene rings is 1. The van der Waals surface area contributed by atoms with Crippen LogP contribution in [0, 0.1) is 0 Å². The molecule has 2 aromatic rings. The predicted molar refractivity (Wildman–Crippen MR) is 85.7 cm³/mol. The van der Waals surface area contributed by atoms with Gasteiger partial charge in [-0.2, -0.15) is 5.10 Å². The van der Waals surface area contributed by atoms with Gasteiger partial charge in [-0.3, -0.25) is 9.48 Å². The van der Waals surface area contributed by atoms with Crippen LogP contribution in [0.4, 0.5) is 0 Å². The van der Waals surface area contributed by atoms with E-state index in [0.29, 0.717) is 32.7 Å². The number of nitrogens with zero attached hydrogens (tertiary/aromatic N) is 4. The summed E-state index contributed by atoms with van der Waals surface area (Å²) in [6.45, 7) is 2.56. The highest BCUT2D eigenvalue weighted by Gasteiger charge is 2.23. The molecular formula is C17H22N4O2. The lowest BCUT2D eigenvalue weighted by atomic mass is 10.1. The van der Waals surface area contributed by atoms with Crippen molar-refractivity contribution >= 4 is 5.91 Å². The molecule has 6 nitrogen and oxygen atoms in total. The molecule has 0 N–H and O–H groups in total. The van der Waals surface area contributed by atoms with Crippen LogP contribution in [0.25, 0.3) is 0 Å². The highest BCUT2D eigenvalue weighted by molar-refractivity contribution is 5.76. The molecule has 6 heteroatoms. The Morgan fingerprint density at radius 3 is 2.96 bits per heavy atom. The summed E-state index contributed by atoms with van der Waals surface area (Å²) in [5.41, 5.74) is 1.31. The van der Waals surface area contributed by atoms with Gasteiger partial charge in [0.15, 0.2) is 0 Å². The topological polar surface area (TPSA) is 60.2 Å². The van der Waals surface area contributed by atoms with Crippen LogP contribution in [0.5, 0.6) is 0 Å². The van der Waals surface area contributed by atoms with Crippen molar-refractivity contribution in [3.63, 3.8) is 0 Å². The van der Waals surface area contributed by atoms with E-state index in [0.717, 1.165) is 12.8 Å². The number of hydrogen-bond donors (Lipinski definition) is 0. The molecule has 0 unspecified atom stereocenters. The second-order valence-electron chi connectivity index (χ2n) is 5.77. The van der Waals surface area contributed by atoms with Crippen molar-refractivity contribution in [2.45, 2.75) is 31.9 Å². The molecule has 23 heavy (non-hydrogen) atoms. The molecule has 1 saturated heterocycles. The number of hydrogen-bond acceptors (Lipinski definition) is 4. The molecule has 0 aliphatic carbocycles. The van der Waals surface area contributed by atoms with Crippen LogP contribution in [0.1, 0.15) is 18.4 Å². The first-order valence-corrected chi connectivity index (χ1v) is 8.07. The Hall–Kier alpha value is -2.21. The average molecular weight is 314 g/mol. The molecule has 0 saturated carbocycles. The molecule has 122 valence electrons. The van der Waals surface area contributed by atoms with Crippen molar-refractivity contribution in [3.05, 3.63) is 48.5 Å². The molecule has 1 aromatic carbocycles. The van der Waals surface area contributed by atoms with E-state index in [2.05, 4.69) is 34.3 Å². The van der Waals surface area contributed by atoms with E-state index in [1.807, 2.05) is 11.0 Å².